The zero-order valence-corrected chi connectivity index (χ0v) is 13.1. The van der Waals surface area contributed by atoms with Crippen LogP contribution in [0.1, 0.15) is 24.0 Å². The molecule has 1 fully saturated rings. The summed E-state index contributed by atoms with van der Waals surface area (Å²) in [5.41, 5.74) is -0.998. The van der Waals surface area contributed by atoms with Gasteiger partial charge in [-0.3, -0.25) is 4.79 Å². The van der Waals surface area contributed by atoms with Crippen LogP contribution in [0.2, 0.25) is 0 Å². The minimum Gasteiger partial charge on any atom is -0.496 e. The zero-order valence-electron chi connectivity index (χ0n) is 13.1. The summed E-state index contributed by atoms with van der Waals surface area (Å²) in [5, 5.41) is 9.62. The average molecular weight is 331 g/mol. The molecule has 0 bridgehead atoms. The Bertz CT molecular complexity index is 578. The number of piperidine rings is 1. The summed E-state index contributed by atoms with van der Waals surface area (Å²) in [6.07, 6.45) is -5.54. The standard InChI is InChI=1S/C16H20F3NO3/c1-11-3-4-12(9-13(11)23-2)10-14(21)20-7-5-15(22,6-8-20)16(17,18)19/h3-4,9,22H,5-8,10H2,1-2H3. The van der Waals surface area contributed by atoms with Gasteiger partial charge in [0.15, 0.2) is 5.60 Å². The topological polar surface area (TPSA) is 49.8 Å². The van der Waals surface area contributed by atoms with Gasteiger partial charge in [0.05, 0.1) is 13.5 Å². The molecule has 128 valence electrons. The van der Waals surface area contributed by atoms with Crippen LogP contribution in [-0.2, 0) is 11.2 Å². The number of rotatable bonds is 3. The van der Waals surface area contributed by atoms with E-state index in [1.807, 2.05) is 13.0 Å². The van der Waals surface area contributed by atoms with Crippen molar-refractivity contribution >= 4 is 5.91 Å². The van der Waals surface area contributed by atoms with E-state index >= 15 is 0 Å². The fourth-order valence-corrected chi connectivity index (χ4v) is 2.67. The Hall–Kier alpha value is -1.76. The maximum absolute atomic E-state index is 12.8. The first kappa shape index (κ1) is 17.6. The van der Waals surface area contributed by atoms with E-state index in [4.69, 9.17) is 4.74 Å². The second-order valence-electron chi connectivity index (χ2n) is 5.89. The summed E-state index contributed by atoms with van der Waals surface area (Å²) >= 11 is 0. The predicted molar refractivity (Wildman–Crippen MR) is 78.3 cm³/mol. The number of hydrogen-bond acceptors (Lipinski definition) is 3. The van der Waals surface area contributed by atoms with Gasteiger partial charge >= 0.3 is 6.18 Å². The maximum Gasteiger partial charge on any atom is 0.417 e. The molecule has 1 heterocycles. The number of alkyl halides is 3. The number of benzene rings is 1. The van der Waals surface area contributed by atoms with Crippen molar-refractivity contribution < 1.29 is 27.8 Å². The molecule has 2 rings (SSSR count). The summed E-state index contributed by atoms with van der Waals surface area (Å²) in [4.78, 5) is 13.6. The second kappa shape index (κ2) is 6.39. The number of likely N-dealkylation sites (tertiary alicyclic amines) is 1. The first-order valence-electron chi connectivity index (χ1n) is 7.37. The molecule has 1 aliphatic rings. The van der Waals surface area contributed by atoms with Crippen molar-refractivity contribution in [3.05, 3.63) is 29.3 Å². The van der Waals surface area contributed by atoms with E-state index in [1.165, 1.54) is 12.0 Å². The predicted octanol–water partition coefficient (Wildman–Crippen LogP) is 2.46. The summed E-state index contributed by atoms with van der Waals surface area (Å²) in [6, 6.07) is 5.38. The van der Waals surface area contributed by atoms with Gasteiger partial charge in [-0.25, -0.2) is 0 Å². The highest BCUT2D eigenvalue weighted by Crippen LogP contribution is 2.38. The molecule has 1 N–H and O–H groups in total. The third-order valence-electron chi connectivity index (χ3n) is 4.30. The van der Waals surface area contributed by atoms with E-state index in [9.17, 15) is 23.1 Å². The SMILES string of the molecule is COc1cc(CC(=O)N2CCC(O)(C(F)(F)F)CC2)ccc1C. The van der Waals surface area contributed by atoms with Crippen molar-refractivity contribution in [2.24, 2.45) is 0 Å². The monoisotopic (exact) mass is 331 g/mol. The Kier molecular flexibility index (Phi) is 4.89. The molecule has 1 aliphatic heterocycles. The number of aliphatic hydroxyl groups is 1. The van der Waals surface area contributed by atoms with Gasteiger partial charge in [-0.2, -0.15) is 13.2 Å². The molecular formula is C16H20F3NO3. The van der Waals surface area contributed by atoms with Gasteiger partial charge in [-0.1, -0.05) is 12.1 Å². The average Bonchev–Trinajstić information content (AvgIpc) is 2.48. The van der Waals surface area contributed by atoms with Gasteiger partial charge in [0, 0.05) is 25.9 Å². The van der Waals surface area contributed by atoms with E-state index < -0.39 is 24.6 Å². The third-order valence-corrected chi connectivity index (χ3v) is 4.30. The highest BCUT2D eigenvalue weighted by atomic mass is 19.4. The number of hydrogen-bond donors (Lipinski definition) is 1. The number of halogens is 3. The van der Waals surface area contributed by atoms with Gasteiger partial charge in [-0.15, -0.1) is 0 Å². The normalized spacial score (nSPS) is 17.9. The van der Waals surface area contributed by atoms with Crippen molar-refractivity contribution in [2.45, 2.75) is 38.0 Å². The minimum absolute atomic E-state index is 0.0983. The molecule has 0 aliphatic carbocycles. The Morgan fingerprint density at radius 3 is 2.48 bits per heavy atom. The van der Waals surface area contributed by atoms with E-state index in [0.717, 1.165) is 11.1 Å². The molecule has 23 heavy (non-hydrogen) atoms. The van der Waals surface area contributed by atoms with Crippen molar-refractivity contribution in [3.8, 4) is 5.75 Å². The number of carbonyl (C=O) groups excluding carboxylic acids is 1. The molecular weight excluding hydrogens is 311 g/mol. The van der Waals surface area contributed by atoms with Gasteiger partial charge in [0.25, 0.3) is 0 Å². The van der Waals surface area contributed by atoms with Crippen molar-refractivity contribution in [1.82, 2.24) is 4.90 Å². The molecule has 0 unspecified atom stereocenters. The number of methoxy groups -OCH3 is 1. The van der Waals surface area contributed by atoms with Gasteiger partial charge in [-0.05, 0) is 24.1 Å². The summed E-state index contributed by atoms with van der Waals surface area (Å²) in [7, 11) is 1.54. The quantitative estimate of drug-likeness (QED) is 0.926. The Balaban J connectivity index is 1.98. The lowest BCUT2D eigenvalue weighted by atomic mass is 9.90. The zero-order chi connectivity index (χ0) is 17.3. The number of aryl methyl sites for hydroxylation is 1. The fourth-order valence-electron chi connectivity index (χ4n) is 2.67. The van der Waals surface area contributed by atoms with Crippen LogP contribution in [0.4, 0.5) is 13.2 Å². The van der Waals surface area contributed by atoms with E-state index in [2.05, 4.69) is 0 Å². The third kappa shape index (κ3) is 3.77. The van der Waals surface area contributed by atoms with Gasteiger partial charge < -0.3 is 14.7 Å². The van der Waals surface area contributed by atoms with Crippen LogP contribution in [0, 0.1) is 6.92 Å². The number of nitrogens with zero attached hydrogens (tertiary/aromatic N) is 1. The molecule has 1 saturated heterocycles. The van der Waals surface area contributed by atoms with Crippen LogP contribution in [0.15, 0.2) is 18.2 Å². The molecule has 0 spiro atoms. The molecule has 0 aromatic heterocycles. The summed E-state index contributed by atoms with van der Waals surface area (Å²) in [6.45, 7) is 1.68. The molecule has 4 nitrogen and oxygen atoms in total. The molecule has 1 aromatic rings. The highest BCUT2D eigenvalue weighted by molar-refractivity contribution is 5.79. The number of ether oxygens (including phenoxy) is 1. The first-order chi connectivity index (χ1) is 10.7. The van der Waals surface area contributed by atoms with Gasteiger partial charge in [0.2, 0.25) is 5.91 Å². The minimum atomic E-state index is -4.66. The fraction of sp³-hybridized carbons (Fsp3) is 0.562. The molecule has 1 amide bonds. The summed E-state index contributed by atoms with van der Waals surface area (Å²) in [5.74, 6) is 0.417. The largest absolute Gasteiger partial charge is 0.496 e. The molecule has 7 heteroatoms. The lowest BCUT2D eigenvalue weighted by Gasteiger charge is -2.39. The van der Waals surface area contributed by atoms with Crippen LogP contribution in [-0.4, -0.2) is 47.9 Å². The van der Waals surface area contributed by atoms with Crippen LogP contribution < -0.4 is 4.74 Å². The lowest BCUT2D eigenvalue weighted by molar-refractivity contribution is -0.272. The lowest BCUT2D eigenvalue weighted by Crippen LogP contribution is -2.54. The Morgan fingerprint density at radius 1 is 1.35 bits per heavy atom. The Morgan fingerprint density at radius 2 is 1.96 bits per heavy atom. The van der Waals surface area contributed by atoms with E-state index in [1.54, 1.807) is 12.1 Å². The number of carbonyl (C=O) groups is 1. The number of amides is 1. The van der Waals surface area contributed by atoms with Gasteiger partial charge in [0.1, 0.15) is 5.75 Å². The van der Waals surface area contributed by atoms with Crippen molar-refractivity contribution in [2.75, 3.05) is 20.2 Å². The maximum atomic E-state index is 12.8. The summed E-state index contributed by atoms with van der Waals surface area (Å²) < 4.78 is 43.5. The van der Waals surface area contributed by atoms with Crippen molar-refractivity contribution in [1.29, 1.82) is 0 Å². The smallest absolute Gasteiger partial charge is 0.417 e. The van der Waals surface area contributed by atoms with Crippen LogP contribution in [0.25, 0.3) is 0 Å². The molecule has 0 radical (unpaired) electrons. The van der Waals surface area contributed by atoms with Crippen LogP contribution >= 0.6 is 0 Å². The molecule has 0 saturated carbocycles. The molecule has 0 atom stereocenters. The van der Waals surface area contributed by atoms with E-state index in [0.29, 0.717) is 5.75 Å². The first-order valence-corrected chi connectivity index (χ1v) is 7.37. The second-order valence-corrected chi connectivity index (χ2v) is 5.89. The van der Waals surface area contributed by atoms with E-state index in [-0.39, 0.29) is 25.4 Å². The highest BCUT2D eigenvalue weighted by Gasteiger charge is 2.54. The van der Waals surface area contributed by atoms with Crippen LogP contribution in [0.5, 0.6) is 5.75 Å². The Labute approximate surface area is 132 Å². The van der Waals surface area contributed by atoms with Crippen LogP contribution in [0.3, 0.4) is 0 Å². The van der Waals surface area contributed by atoms with Crippen molar-refractivity contribution in [3.63, 3.8) is 0 Å². The molecule has 1 aromatic carbocycles.